The number of likely N-dealkylation sites (tertiary alicyclic amines) is 1. The molecule has 0 radical (unpaired) electrons. The zero-order valence-corrected chi connectivity index (χ0v) is 22.8. The lowest BCUT2D eigenvalue weighted by Gasteiger charge is -2.34. The van der Waals surface area contributed by atoms with Gasteiger partial charge in [-0.1, -0.05) is 39.0 Å². The van der Waals surface area contributed by atoms with E-state index in [-0.39, 0.29) is 12.2 Å². The predicted molar refractivity (Wildman–Crippen MR) is 134 cm³/mol. The molecule has 2 aromatic rings. The topological polar surface area (TPSA) is 98.2 Å². The number of pyridine rings is 1. The molecular formula is C26H32BrFN2O6. The fourth-order valence-corrected chi connectivity index (χ4v) is 5.17. The summed E-state index contributed by atoms with van der Waals surface area (Å²) < 4.78 is 33.1. The molecule has 2 heterocycles. The van der Waals surface area contributed by atoms with E-state index in [4.69, 9.17) is 14.2 Å². The van der Waals surface area contributed by atoms with E-state index in [0.717, 1.165) is 4.90 Å². The lowest BCUT2D eigenvalue weighted by molar-refractivity contribution is -0.145. The van der Waals surface area contributed by atoms with Crippen molar-refractivity contribution in [2.24, 2.45) is 11.3 Å². The fourth-order valence-electron chi connectivity index (χ4n) is 4.79. The van der Waals surface area contributed by atoms with Crippen LogP contribution >= 0.6 is 15.9 Å². The van der Waals surface area contributed by atoms with E-state index < -0.39 is 53.5 Å². The Morgan fingerprint density at radius 2 is 1.92 bits per heavy atom. The second kappa shape index (κ2) is 11.1. The van der Waals surface area contributed by atoms with Gasteiger partial charge in [0.05, 0.1) is 32.0 Å². The number of nitrogens with zero attached hydrogens (tertiary/aromatic N) is 2. The van der Waals surface area contributed by atoms with Crippen LogP contribution in [0.2, 0.25) is 0 Å². The number of benzene rings is 1. The molecular weight excluding hydrogens is 535 g/mol. The maximum atomic E-state index is 15.2. The molecule has 196 valence electrons. The molecule has 1 N–H and O–H groups in total. The van der Waals surface area contributed by atoms with E-state index in [2.05, 4.69) is 20.9 Å². The molecule has 3 rings (SSSR count). The Morgan fingerprint density at radius 3 is 2.47 bits per heavy atom. The Balaban J connectivity index is 2.17. The van der Waals surface area contributed by atoms with Gasteiger partial charge in [0.15, 0.2) is 0 Å². The van der Waals surface area contributed by atoms with Gasteiger partial charge in [-0.05, 0) is 47.3 Å². The lowest BCUT2D eigenvalue weighted by Crippen LogP contribution is -2.47. The molecule has 1 amide bonds. The Hall–Kier alpha value is -2.72. The first-order valence-electron chi connectivity index (χ1n) is 11.6. The zero-order chi connectivity index (χ0) is 26.8. The number of methoxy groups -OCH3 is 1. The van der Waals surface area contributed by atoms with Crippen LogP contribution in [-0.2, 0) is 20.9 Å². The summed E-state index contributed by atoms with van der Waals surface area (Å²) in [6, 6.07) is 5.42. The van der Waals surface area contributed by atoms with Gasteiger partial charge in [-0.25, -0.2) is 19.0 Å². The number of aliphatic carboxylic acids is 1. The first-order chi connectivity index (χ1) is 16.9. The van der Waals surface area contributed by atoms with Gasteiger partial charge in [-0.3, -0.25) is 4.90 Å². The highest BCUT2D eigenvalue weighted by Gasteiger charge is 2.60. The summed E-state index contributed by atoms with van der Waals surface area (Å²) in [5.41, 5.74) is 0.131. The Bertz CT molecular complexity index is 1110. The molecule has 10 heteroatoms. The van der Waals surface area contributed by atoms with E-state index in [1.165, 1.54) is 25.3 Å². The van der Waals surface area contributed by atoms with E-state index >= 15 is 4.39 Å². The van der Waals surface area contributed by atoms with Crippen LogP contribution in [0.15, 0.2) is 41.0 Å². The van der Waals surface area contributed by atoms with Crippen molar-refractivity contribution in [2.45, 2.75) is 65.5 Å². The van der Waals surface area contributed by atoms with Gasteiger partial charge in [0, 0.05) is 27.7 Å². The van der Waals surface area contributed by atoms with E-state index in [9.17, 15) is 14.7 Å². The van der Waals surface area contributed by atoms with Crippen LogP contribution in [0.4, 0.5) is 9.18 Å². The normalized spacial score (nSPS) is 22.1. The van der Waals surface area contributed by atoms with E-state index in [1.54, 1.807) is 32.2 Å². The molecule has 0 bridgehead atoms. The molecule has 1 aliphatic rings. The molecule has 0 saturated carbocycles. The first kappa shape index (κ1) is 27.9. The van der Waals surface area contributed by atoms with Gasteiger partial charge >= 0.3 is 12.1 Å². The third-order valence-corrected chi connectivity index (χ3v) is 6.58. The van der Waals surface area contributed by atoms with Crippen LogP contribution in [0, 0.1) is 17.2 Å². The summed E-state index contributed by atoms with van der Waals surface area (Å²) in [5, 5.41) is 10.3. The van der Waals surface area contributed by atoms with Crippen LogP contribution in [0.1, 0.15) is 51.8 Å². The standard InChI is InChI=1S/C26H32BrFN2O6/c1-14(2)36-25(33)30-20(17-9-7-8-10-18(17)28)22(19(26(3,4)5)21(30)24(31)32)35-13-15-11-16(27)12-29-23(15)34-6/h7-12,14,19-22H,13H2,1-6H3,(H,31,32)/t19-,20+,21+,22+/m1/s1. The van der Waals surface area contributed by atoms with Crippen molar-refractivity contribution in [3.8, 4) is 5.88 Å². The van der Waals surface area contributed by atoms with Crippen molar-refractivity contribution < 1.29 is 33.3 Å². The highest BCUT2D eigenvalue weighted by Crippen LogP contribution is 2.50. The molecule has 0 aliphatic carbocycles. The number of carbonyl (C=O) groups excluding carboxylic acids is 1. The highest BCUT2D eigenvalue weighted by atomic mass is 79.9. The second-order valence-corrected chi connectivity index (χ2v) is 11.0. The van der Waals surface area contributed by atoms with Crippen molar-refractivity contribution in [3.05, 3.63) is 57.9 Å². The Kier molecular flexibility index (Phi) is 8.61. The van der Waals surface area contributed by atoms with Crippen molar-refractivity contribution in [1.29, 1.82) is 0 Å². The quantitative estimate of drug-likeness (QED) is 0.466. The molecule has 36 heavy (non-hydrogen) atoms. The van der Waals surface area contributed by atoms with Crippen molar-refractivity contribution >= 4 is 28.0 Å². The predicted octanol–water partition coefficient (Wildman–Crippen LogP) is 5.59. The minimum absolute atomic E-state index is 0.00276. The minimum atomic E-state index is -1.31. The SMILES string of the molecule is COc1ncc(Br)cc1CO[C@H]1[C@H](C(C)(C)C)[C@@H](C(=O)O)N(C(=O)OC(C)C)[C@H]1c1ccccc1F. The summed E-state index contributed by atoms with van der Waals surface area (Å²) in [6.45, 7) is 8.97. The molecule has 0 unspecified atom stereocenters. The summed E-state index contributed by atoms with van der Waals surface area (Å²) in [6.07, 6.45) is -0.639. The molecule has 1 saturated heterocycles. The summed E-state index contributed by atoms with van der Waals surface area (Å²) in [7, 11) is 1.49. The van der Waals surface area contributed by atoms with Crippen LogP contribution in [0.5, 0.6) is 5.88 Å². The minimum Gasteiger partial charge on any atom is -0.481 e. The number of rotatable bonds is 7. The second-order valence-electron chi connectivity index (χ2n) is 10.1. The number of amides is 1. The van der Waals surface area contributed by atoms with Crippen LogP contribution < -0.4 is 4.74 Å². The number of aromatic nitrogens is 1. The average Bonchev–Trinajstić information content (AvgIpc) is 3.13. The van der Waals surface area contributed by atoms with Crippen LogP contribution in [-0.4, -0.2) is 52.4 Å². The number of halogens is 2. The van der Waals surface area contributed by atoms with Gasteiger partial charge in [0.1, 0.15) is 11.9 Å². The van der Waals surface area contributed by atoms with Crippen LogP contribution in [0.3, 0.4) is 0 Å². The number of carbonyl (C=O) groups is 2. The number of carboxylic acid groups (broad SMARTS) is 1. The zero-order valence-electron chi connectivity index (χ0n) is 21.2. The molecule has 4 atom stereocenters. The summed E-state index contributed by atoms with van der Waals surface area (Å²) in [4.78, 5) is 31.3. The lowest BCUT2D eigenvalue weighted by atomic mass is 9.73. The third-order valence-electron chi connectivity index (χ3n) is 6.15. The number of hydrogen-bond donors (Lipinski definition) is 1. The van der Waals surface area contributed by atoms with Crippen LogP contribution in [0.25, 0.3) is 0 Å². The molecule has 0 spiro atoms. The molecule has 1 fully saturated rings. The van der Waals surface area contributed by atoms with Crippen molar-refractivity contribution in [1.82, 2.24) is 9.88 Å². The van der Waals surface area contributed by atoms with Gasteiger partial charge in [-0.15, -0.1) is 0 Å². The van der Waals surface area contributed by atoms with Crippen molar-refractivity contribution in [2.75, 3.05) is 7.11 Å². The van der Waals surface area contributed by atoms with E-state index in [1.807, 2.05) is 20.8 Å². The number of ether oxygens (including phenoxy) is 3. The number of carboxylic acids is 1. The molecule has 8 nitrogen and oxygen atoms in total. The Labute approximate surface area is 218 Å². The number of hydrogen-bond acceptors (Lipinski definition) is 6. The van der Waals surface area contributed by atoms with Crippen molar-refractivity contribution in [3.63, 3.8) is 0 Å². The van der Waals surface area contributed by atoms with Gasteiger partial charge in [0.2, 0.25) is 5.88 Å². The maximum Gasteiger partial charge on any atom is 0.411 e. The Morgan fingerprint density at radius 1 is 1.25 bits per heavy atom. The average molecular weight is 567 g/mol. The third kappa shape index (κ3) is 5.81. The molecule has 1 aliphatic heterocycles. The van der Waals surface area contributed by atoms with Gasteiger partial charge in [-0.2, -0.15) is 0 Å². The first-order valence-corrected chi connectivity index (χ1v) is 12.4. The summed E-state index contributed by atoms with van der Waals surface area (Å²) >= 11 is 3.39. The maximum absolute atomic E-state index is 15.2. The largest absolute Gasteiger partial charge is 0.481 e. The highest BCUT2D eigenvalue weighted by molar-refractivity contribution is 9.10. The summed E-state index contributed by atoms with van der Waals surface area (Å²) in [5.74, 6) is -2.15. The van der Waals surface area contributed by atoms with Gasteiger partial charge in [0.25, 0.3) is 0 Å². The monoisotopic (exact) mass is 566 g/mol. The fraction of sp³-hybridized carbons (Fsp3) is 0.500. The smallest absolute Gasteiger partial charge is 0.411 e. The van der Waals surface area contributed by atoms with Gasteiger partial charge < -0.3 is 19.3 Å². The molecule has 1 aromatic carbocycles. The molecule has 1 aromatic heterocycles. The van der Waals surface area contributed by atoms with E-state index in [0.29, 0.717) is 15.9 Å².